The number of hydrogen-bond donors (Lipinski definition) is 3. The Morgan fingerprint density at radius 1 is 1.11 bits per heavy atom. The van der Waals surface area contributed by atoms with E-state index in [-0.39, 0.29) is 11.8 Å². The highest BCUT2D eigenvalue weighted by Gasteiger charge is 2.47. The van der Waals surface area contributed by atoms with Gasteiger partial charge < -0.3 is 24.6 Å². The van der Waals surface area contributed by atoms with E-state index in [9.17, 15) is 22.8 Å². The number of aromatic nitrogens is 4. The summed E-state index contributed by atoms with van der Waals surface area (Å²) in [4.78, 5) is 40.7. The first-order valence-electron chi connectivity index (χ1n) is 11.2. The van der Waals surface area contributed by atoms with Gasteiger partial charge in [0.25, 0.3) is 11.8 Å². The summed E-state index contributed by atoms with van der Waals surface area (Å²) in [6, 6.07) is 11.0. The van der Waals surface area contributed by atoms with Crippen molar-refractivity contribution in [2.45, 2.75) is 37.3 Å². The molecule has 0 saturated carbocycles. The largest absolute Gasteiger partial charge is 0.490 e. The lowest BCUT2D eigenvalue weighted by Gasteiger charge is -2.45. The Kier molecular flexibility index (Phi) is 7.29. The van der Waals surface area contributed by atoms with Crippen molar-refractivity contribution in [3.05, 3.63) is 66.5 Å². The first-order chi connectivity index (χ1) is 17.6. The quantitative estimate of drug-likeness (QED) is 0.481. The number of ether oxygens (including phenoxy) is 1. The van der Waals surface area contributed by atoms with Crippen LogP contribution in [-0.4, -0.2) is 72.9 Å². The maximum atomic E-state index is 12.9. The molecule has 1 unspecified atom stereocenters. The molecule has 1 spiro atoms. The first-order valence-corrected chi connectivity index (χ1v) is 11.2. The van der Waals surface area contributed by atoms with Gasteiger partial charge >= 0.3 is 12.1 Å². The summed E-state index contributed by atoms with van der Waals surface area (Å²) in [6.07, 6.45) is 0.597. The van der Waals surface area contributed by atoms with E-state index in [0.717, 1.165) is 11.5 Å². The molecule has 5 rings (SSSR count). The molecule has 2 aromatic heterocycles. The zero-order valence-corrected chi connectivity index (χ0v) is 19.3. The molecule has 3 aromatic rings. The number of amides is 2. The first kappa shape index (κ1) is 25.9. The molecule has 37 heavy (non-hydrogen) atoms. The van der Waals surface area contributed by atoms with Crippen LogP contribution in [0.1, 0.15) is 29.2 Å². The van der Waals surface area contributed by atoms with Gasteiger partial charge in [0.15, 0.2) is 6.10 Å². The van der Waals surface area contributed by atoms with Crippen LogP contribution in [0.2, 0.25) is 0 Å². The predicted octanol–water partition coefficient (Wildman–Crippen LogP) is 2.41. The maximum absolute atomic E-state index is 12.9. The van der Waals surface area contributed by atoms with E-state index >= 15 is 0 Å². The number of anilines is 1. The van der Waals surface area contributed by atoms with E-state index in [0.29, 0.717) is 38.2 Å². The number of piperidine rings is 1. The average molecular weight is 520 g/mol. The molecule has 14 heteroatoms. The van der Waals surface area contributed by atoms with Crippen LogP contribution in [0.25, 0.3) is 0 Å². The third-order valence-corrected chi connectivity index (χ3v) is 6.02. The number of alkyl halides is 3. The van der Waals surface area contributed by atoms with Crippen molar-refractivity contribution in [3.8, 4) is 0 Å². The highest BCUT2D eigenvalue weighted by atomic mass is 19.4. The van der Waals surface area contributed by atoms with Gasteiger partial charge in [-0.05, 0) is 18.2 Å². The summed E-state index contributed by atoms with van der Waals surface area (Å²) < 4.78 is 40.1. The normalized spacial score (nSPS) is 18.4. The van der Waals surface area contributed by atoms with E-state index in [1.807, 2.05) is 41.1 Å². The molecular formula is C23H23F3N6O5. The number of benzene rings is 1. The van der Waals surface area contributed by atoms with Crippen molar-refractivity contribution >= 4 is 23.5 Å². The fourth-order valence-corrected chi connectivity index (χ4v) is 4.24. The van der Waals surface area contributed by atoms with Crippen molar-refractivity contribution in [1.82, 2.24) is 24.6 Å². The molecule has 2 aliphatic heterocycles. The minimum Gasteiger partial charge on any atom is -0.475 e. The van der Waals surface area contributed by atoms with Crippen LogP contribution in [0.5, 0.6) is 0 Å². The minimum atomic E-state index is -5.08. The van der Waals surface area contributed by atoms with Gasteiger partial charge in [-0.15, -0.1) is 0 Å². The van der Waals surface area contributed by atoms with Gasteiger partial charge in [-0.2, -0.15) is 18.3 Å². The Balaban J connectivity index is 0.000000405. The lowest BCUT2D eigenvalue weighted by atomic mass is 9.88. The number of para-hydroxylation sites is 1. The summed E-state index contributed by atoms with van der Waals surface area (Å²) in [5.41, 5.74) is 0.513. The van der Waals surface area contributed by atoms with Gasteiger partial charge in [0.1, 0.15) is 17.1 Å². The number of carboxylic acid groups (broad SMARTS) is 1. The second-order valence-electron chi connectivity index (χ2n) is 8.42. The zero-order chi connectivity index (χ0) is 26.6. The smallest absolute Gasteiger partial charge is 0.475 e. The number of nitrogens with zero attached hydrogens (tertiary/aromatic N) is 4. The monoisotopic (exact) mass is 520 g/mol. The number of likely N-dealkylation sites (tertiary alicyclic amines) is 1. The van der Waals surface area contributed by atoms with Crippen molar-refractivity contribution in [1.29, 1.82) is 0 Å². The average Bonchev–Trinajstić information content (AvgIpc) is 3.57. The number of halogens is 3. The maximum Gasteiger partial charge on any atom is 0.490 e. The van der Waals surface area contributed by atoms with Crippen LogP contribution in [0.15, 0.2) is 55.0 Å². The third-order valence-electron chi connectivity index (χ3n) is 6.02. The number of carbonyl (C=O) groups is 3. The zero-order valence-electron chi connectivity index (χ0n) is 19.3. The van der Waals surface area contributed by atoms with Crippen molar-refractivity contribution in [2.75, 3.05) is 18.4 Å². The Bertz CT molecular complexity index is 1240. The van der Waals surface area contributed by atoms with Gasteiger partial charge in [-0.25, -0.2) is 9.78 Å². The van der Waals surface area contributed by atoms with E-state index in [1.165, 1.54) is 0 Å². The molecule has 1 fully saturated rings. The van der Waals surface area contributed by atoms with Crippen LogP contribution in [-0.2, 0) is 26.5 Å². The fraction of sp³-hybridized carbons (Fsp3) is 0.348. The molecule has 2 amide bonds. The molecule has 3 N–H and O–H groups in total. The standard InChI is InChI=1S/C21H22N6O3.C2HF3O2/c28-18(24-15-4-2-1-3-5-15)17-14-27-13-10-22-20(27)21(30-17)7-11-26(12-8-21)19(29)16-6-9-23-25-16;3-2(4,5)1(6)7/h1-6,9-10,13,17H,7-8,11-12,14H2,(H,23,25)(H,24,28);(H,6,7). The third kappa shape index (κ3) is 5.80. The van der Waals surface area contributed by atoms with E-state index in [2.05, 4.69) is 20.5 Å². The molecule has 0 aliphatic carbocycles. The van der Waals surface area contributed by atoms with Crippen LogP contribution in [0.4, 0.5) is 18.9 Å². The van der Waals surface area contributed by atoms with E-state index < -0.39 is 23.9 Å². The molecule has 1 atom stereocenters. The van der Waals surface area contributed by atoms with Gasteiger partial charge in [0, 0.05) is 50.2 Å². The number of fused-ring (bicyclic) bond motifs is 2. The molecule has 11 nitrogen and oxygen atoms in total. The lowest BCUT2D eigenvalue weighted by Crippen LogP contribution is -2.54. The number of aliphatic carboxylic acids is 1. The van der Waals surface area contributed by atoms with Crippen molar-refractivity contribution in [2.24, 2.45) is 0 Å². The molecule has 1 aromatic carbocycles. The summed E-state index contributed by atoms with van der Waals surface area (Å²) in [5, 5.41) is 16.6. The van der Waals surface area contributed by atoms with Crippen molar-refractivity contribution in [3.63, 3.8) is 0 Å². The van der Waals surface area contributed by atoms with Crippen LogP contribution in [0.3, 0.4) is 0 Å². The van der Waals surface area contributed by atoms with Gasteiger partial charge in [0.05, 0.1) is 6.54 Å². The molecule has 2 aliphatic rings. The summed E-state index contributed by atoms with van der Waals surface area (Å²) in [6.45, 7) is 1.43. The Labute approximate surface area is 208 Å². The van der Waals surface area contributed by atoms with Crippen LogP contribution in [0, 0.1) is 0 Å². The topological polar surface area (TPSA) is 142 Å². The van der Waals surface area contributed by atoms with E-state index in [1.54, 1.807) is 23.4 Å². The molecule has 1 saturated heterocycles. The Morgan fingerprint density at radius 3 is 2.38 bits per heavy atom. The lowest BCUT2D eigenvalue weighted by molar-refractivity contribution is -0.192. The Hall–Kier alpha value is -4.20. The summed E-state index contributed by atoms with van der Waals surface area (Å²) in [7, 11) is 0. The predicted molar refractivity (Wildman–Crippen MR) is 121 cm³/mol. The molecule has 0 radical (unpaired) electrons. The number of hydrogen-bond acceptors (Lipinski definition) is 6. The van der Waals surface area contributed by atoms with Gasteiger partial charge in [0.2, 0.25) is 0 Å². The van der Waals surface area contributed by atoms with E-state index in [4.69, 9.17) is 14.6 Å². The second-order valence-corrected chi connectivity index (χ2v) is 8.42. The number of imidazole rings is 1. The number of H-pyrrole nitrogens is 1. The fourth-order valence-electron chi connectivity index (χ4n) is 4.24. The summed E-state index contributed by atoms with van der Waals surface area (Å²) >= 11 is 0. The van der Waals surface area contributed by atoms with Gasteiger partial charge in [-0.1, -0.05) is 18.2 Å². The molecular weight excluding hydrogens is 497 g/mol. The number of nitrogens with one attached hydrogen (secondary N) is 2. The molecule has 4 heterocycles. The second kappa shape index (κ2) is 10.4. The SMILES string of the molecule is O=C(Nc1ccccc1)C1Cn2ccnc2C2(CCN(C(=O)c3ccn[nH]3)CC2)O1.O=C(O)C(F)(F)F. The number of carbonyl (C=O) groups excluding carboxylic acids is 2. The molecule has 196 valence electrons. The van der Waals surface area contributed by atoms with Crippen LogP contribution < -0.4 is 5.32 Å². The van der Waals surface area contributed by atoms with Crippen LogP contribution >= 0.6 is 0 Å². The highest BCUT2D eigenvalue weighted by Crippen LogP contribution is 2.40. The van der Waals surface area contributed by atoms with Gasteiger partial charge in [-0.3, -0.25) is 14.7 Å². The highest BCUT2D eigenvalue weighted by molar-refractivity contribution is 5.94. The molecule has 0 bridgehead atoms. The Morgan fingerprint density at radius 2 is 1.78 bits per heavy atom. The summed E-state index contributed by atoms with van der Waals surface area (Å²) in [5.74, 6) is -2.21. The number of carboxylic acids is 1. The minimum absolute atomic E-state index is 0.0835. The number of rotatable bonds is 3. The van der Waals surface area contributed by atoms with Crippen molar-refractivity contribution < 1.29 is 37.4 Å². The number of aromatic amines is 1.